The molecular weight excluding hydrogens is 264 g/mol. The fourth-order valence-electron chi connectivity index (χ4n) is 2.50. The molecule has 0 saturated heterocycles. The van der Waals surface area contributed by atoms with Gasteiger partial charge in [-0.05, 0) is 43.7 Å². The molecule has 3 rings (SSSR count). The quantitative estimate of drug-likeness (QED) is 0.768. The summed E-state index contributed by atoms with van der Waals surface area (Å²) < 4.78 is 5.56. The van der Waals surface area contributed by atoms with Crippen LogP contribution in [0.1, 0.15) is 22.8 Å². The summed E-state index contributed by atoms with van der Waals surface area (Å²) in [5.74, 6) is 1.79. The van der Waals surface area contributed by atoms with Crippen molar-refractivity contribution in [3.8, 4) is 0 Å². The summed E-state index contributed by atoms with van der Waals surface area (Å²) >= 11 is 0. The minimum atomic E-state index is 0.0146. The van der Waals surface area contributed by atoms with Gasteiger partial charge in [-0.3, -0.25) is 4.98 Å². The second-order valence-electron chi connectivity index (χ2n) is 5.15. The van der Waals surface area contributed by atoms with Crippen LogP contribution in [0.15, 0.2) is 40.8 Å². The highest BCUT2D eigenvalue weighted by Crippen LogP contribution is 2.26. The van der Waals surface area contributed by atoms with Gasteiger partial charge in [-0.15, -0.1) is 0 Å². The van der Waals surface area contributed by atoms with Gasteiger partial charge in [0.05, 0.1) is 24.4 Å². The van der Waals surface area contributed by atoms with Crippen molar-refractivity contribution < 1.29 is 9.52 Å². The fraction of sp³-hybridized carbons (Fsp3) is 0.235. The van der Waals surface area contributed by atoms with Crippen LogP contribution in [-0.2, 0) is 13.2 Å². The molecule has 1 aromatic carbocycles. The number of aryl methyl sites for hydroxylation is 2. The van der Waals surface area contributed by atoms with Crippen molar-refractivity contribution in [2.24, 2.45) is 0 Å². The van der Waals surface area contributed by atoms with E-state index < -0.39 is 0 Å². The number of para-hydroxylation sites is 1. The van der Waals surface area contributed by atoms with Crippen LogP contribution in [0, 0.1) is 13.8 Å². The second-order valence-corrected chi connectivity index (χ2v) is 5.15. The molecule has 0 aliphatic carbocycles. The van der Waals surface area contributed by atoms with Crippen molar-refractivity contribution in [2.45, 2.75) is 27.0 Å². The fourth-order valence-corrected chi connectivity index (χ4v) is 2.50. The highest BCUT2D eigenvalue weighted by Gasteiger charge is 2.08. The van der Waals surface area contributed by atoms with Crippen LogP contribution in [0.5, 0.6) is 0 Å². The predicted octanol–water partition coefficient (Wildman–Crippen LogP) is 3.55. The van der Waals surface area contributed by atoms with Crippen LogP contribution >= 0.6 is 0 Å². The van der Waals surface area contributed by atoms with E-state index in [4.69, 9.17) is 4.42 Å². The highest BCUT2D eigenvalue weighted by atomic mass is 16.3. The zero-order chi connectivity index (χ0) is 14.8. The Hall–Kier alpha value is -2.33. The molecular formula is C17H18N2O2. The molecule has 0 radical (unpaired) electrons. The van der Waals surface area contributed by atoms with Crippen molar-refractivity contribution in [2.75, 3.05) is 5.32 Å². The third-order valence-electron chi connectivity index (χ3n) is 3.47. The largest absolute Gasteiger partial charge is 0.465 e. The van der Waals surface area contributed by atoms with Gasteiger partial charge in [-0.1, -0.05) is 12.1 Å². The van der Waals surface area contributed by atoms with Crippen LogP contribution in [0.4, 0.5) is 5.69 Å². The number of aliphatic hydroxyl groups excluding tert-OH is 1. The molecule has 0 aliphatic rings. The number of hydrogen-bond donors (Lipinski definition) is 2. The average Bonchev–Trinajstić information content (AvgIpc) is 2.90. The number of anilines is 1. The van der Waals surface area contributed by atoms with E-state index in [1.54, 1.807) is 0 Å². The maximum atomic E-state index is 9.50. The molecule has 2 N–H and O–H groups in total. The number of aliphatic hydroxyl groups is 1. The van der Waals surface area contributed by atoms with E-state index in [-0.39, 0.29) is 6.61 Å². The summed E-state index contributed by atoms with van der Waals surface area (Å²) in [6.07, 6.45) is 0. The van der Waals surface area contributed by atoms with Crippen LogP contribution in [0.25, 0.3) is 10.9 Å². The Labute approximate surface area is 123 Å². The Balaban J connectivity index is 1.96. The highest BCUT2D eigenvalue weighted by molar-refractivity contribution is 5.92. The molecule has 0 aliphatic heterocycles. The molecule has 2 heterocycles. The maximum Gasteiger partial charge on any atom is 0.123 e. The van der Waals surface area contributed by atoms with Gasteiger partial charge in [0.2, 0.25) is 0 Å². The summed E-state index contributed by atoms with van der Waals surface area (Å²) in [4.78, 5) is 4.60. The number of rotatable bonds is 4. The Morgan fingerprint density at radius 3 is 2.76 bits per heavy atom. The van der Waals surface area contributed by atoms with Crippen LogP contribution in [-0.4, -0.2) is 10.1 Å². The van der Waals surface area contributed by atoms with Crippen LogP contribution in [0.3, 0.4) is 0 Å². The Bertz CT molecular complexity index is 778. The van der Waals surface area contributed by atoms with Gasteiger partial charge in [0.25, 0.3) is 0 Å². The molecule has 2 aromatic heterocycles. The number of nitrogens with zero attached hydrogens (tertiary/aromatic N) is 1. The van der Waals surface area contributed by atoms with Gasteiger partial charge >= 0.3 is 0 Å². The lowest BCUT2D eigenvalue weighted by molar-refractivity contribution is 0.283. The van der Waals surface area contributed by atoms with Crippen molar-refractivity contribution in [3.63, 3.8) is 0 Å². The van der Waals surface area contributed by atoms with Crippen molar-refractivity contribution in [3.05, 3.63) is 59.2 Å². The minimum absolute atomic E-state index is 0.0146. The lowest BCUT2D eigenvalue weighted by Crippen LogP contribution is -2.01. The first kappa shape index (κ1) is 13.6. The molecule has 3 aromatic rings. The monoisotopic (exact) mass is 282 g/mol. The zero-order valence-electron chi connectivity index (χ0n) is 12.2. The van der Waals surface area contributed by atoms with Crippen LogP contribution in [0.2, 0.25) is 0 Å². The summed E-state index contributed by atoms with van der Waals surface area (Å²) in [7, 11) is 0. The van der Waals surface area contributed by atoms with Gasteiger partial charge in [-0.2, -0.15) is 0 Å². The van der Waals surface area contributed by atoms with Crippen molar-refractivity contribution in [1.29, 1.82) is 0 Å². The van der Waals surface area contributed by atoms with E-state index in [9.17, 15) is 5.11 Å². The lowest BCUT2D eigenvalue weighted by Gasteiger charge is -2.11. The van der Waals surface area contributed by atoms with E-state index in [0.717, 1.165) is 39.4 Å². The average molecular weight is 282 g/mol. The Morgan fingerprint density at radius 2 is 2.05 bits per heavy atom. The smallest absolute Gasteiger partial charge is 0.123 e. The first-order chi connectivity index (χ1) is 10.2. The van der Waals surface area contributed by atoms with Crippen LogP contribution < -0.4 is 5.32 Å². The molecule has 108 valence electrons. The third kappa shape index (κ3) is 2.76. The van der Waals surface area contributed by atoms with Crippen molar-refractivity contribution in [1.82, 2.24) is 4.98 Å². The number of fused-ring (bicyclic) bond motifs is 1. The molecule has 0 spiro atoms. The summed E-state index contributed by atoms with van der Waals surface area (Å²) in [6, 6.07) is 11.8. The molecule has 0 saturated carbocycles. The number of pyridine rings is 1. The van der Waals surface area contributed by atoms with E-state index in [1.807, 2.05) is 50.2 Å². The van der Waals surface area contributed by atoms with Gasteiger partial charge in [0, 0.05) is 11.1 Å². The summed E-state index contributed by atoms with van der Waals surface area (Å²) in [5.41, 5.74) is 3.62. The Kier molecular flexibility index (Phi) is 3.62. The number of benzene rings is 1. The molecule has 0 amide bonds. The van der Waals surface area contributed by atoms with E-state index in [1.165, 1.54) is 0 Å². The SMILES string of the molecule is Cc1cc(CO)c2cccc(NCc3ccc(C)o3)c2n1. The third-order valence-corrected chi connectivity index (χ3v) is 3.47. The zero-order valence-corrected chi connectivity index (χ0v) is 12.2. The van der Waals surface area contributed by atoms with Gasteiger partial charge in [-0.25, -0.2) is 0 Å². The van der Waals surface area contributed by atoms with Gasteiger partial charge in [0.1, 0.15) is 11.5 Å². The summed E-state index contributed by atoms with van der Waals surface area (Å²) in [5, 5.41) is 13.8. The predicted molar refractivity (Wildman–Crippen MR) is 83.2 cm³/mol. The van der Waals surface area contributed by atoms with E-state index >= 15 is 0 Å². The first-order valence-electron chi connectivity index (χ1n) is 6.96. The maximum absolute atomic E-state index is 9.50. The molecule has 0 unspecified atom stereocenters. The Morgan fingerprint density at radius 1 is 1.19 bits per heavy atom. The molecule has 21 heavy (non-hydrogen) atoms. The normalized spacial score (nSPS) is 11.0. The van der Waals surface area contributed by atoms with E-state index in [2.05, 4.69) is 10.3 Å². The standard InChI is InChI=1S/C17H18N2O2/c1-11-8-13(10-20)15-4-3-5-16(17(15)19-11)18-9-14-7-6-12(2)21-14/h3-8,18,20H,9-10H2,1-2H3. The van der Waals surface area contributed by atoms with E-state index in [0.29, 0.717) is 6.54 Å². The molecule has 4 heteroatoms. The van der Waals surface area contributed by atoms with Gasteiger partial charge < -0.3 is 14.8 Å². The molecule has 0 atom stereocenters. The first-order valence-corrected chi connectivity index (χ1v) is 6.96. The topological polar surface area (TPSA) is 58.3 Å². The molecule has 0 fully saturated rings. The molecule has 0 bridgehead atoms. The second kappa shape index (κ2) is 5.58. The number of aromatic nitrogens is 1. The number of hydrogen-bond acceptors (Lipinski definition) is 4. The minimum Gasteiger partial charge on any atom is -0.465 e. The number of nitrogens with one attached hydrogen (secondary N) is 1. The molecule has 4 nitrogen and oxygen atoms in total. The van der Waals surface area contributed by atoms with Crippen molar-refractivity contribution >= 4 is 16.6 Å². The number of furan rings is 1. The van der Waals surface area contributed by atoms with Gasteiger partial charge in [0.15, 0.2) is 0 Å². The lowest BCUT2D eigenvalue weighted by atomic mass is 10.1. The summed E-state index contributed by atoms with van der Waals surface area (Å²) in [6.45, 7) is 4.49.